The zero-order chi connectivity index (χ0) is 21.5. The normalized spacial score (nSPS) is 14.9. The van der Waals surface area contributed by atoms with E-state index in [1.807, 2.05) is 48.0 Å². The van der Waals surface area contributed by atoms with Crippen molar-refractivity contribution in [2.45, 2.75) is 46.0 Å². The molecule has 1 heterocycles. The Morgan fingerprint density at radius 1 is 1.00 bits per heavy atom. The molecule has 2 aromatic carbocycles. The maximum atomic E-state index is 13.2. The van der Waals surface area contributed by atoms with E-state index in [9.17, 15) is 9.59 Å². The summed E-state index contributed by atoms with van der Waals surface area (Å²) in [4.78, 5) is 25.3. The van der Waals surface area contributed by atoms with Crippen LogP contribution in [0.4, 0.5) is 11.4 Å². The minimum atomic E-state index is -0.209. The minimum Gasteiger partial charge on any atom is -0.326 e. The highest BCUT2D eigenvalue weighted by molar-refractivity contribution is 6.05. The largest absolute Gasteiger partial charge is 0.326 e. The van der Waals surface area contributed by atoms with Gasteiger partial charge in [-0.15, -0.1) is 0 Å². The summed E-state index contributed by atoms with van der Waals surface area (Å²) >= 11 is 0. The third-order valence-electron chi connectivity index (χ3n) is 6.19. The second kappa shape index (κ2) is 7.69. The number of benzene rings is 2. The molecule has 5 rings (SSSR count). The zero-order valence-corrected chi connectivity index (χ0v) is 17.9. The topological polar surface area (TPSA) is 76.0 Å². The molecule has 0 atom stereocenters. The number of fused-ring (bicyclic) bond motifs is 1. The summed E-state index contributed by atoms with van der Waals surface area (Å²) < 4.78 is 1.94. The number of nitrogens with one attached hydrogen (secondary N) is 2. The monoisotopic (exact) mass is 414 g/mol. The number of hydrogen-bond donors (Lipinski definition) is 2. The molecule has 2 aliphatic rings. The average molecular weight is 415 g/mol. The van der Waals surface area contributed by atoms with Crippen molar-refractivity contribution in [3.8, 4) is 5.69 Å². The van der Waals surface area contributed by atoms with Gasteiger partial charge in [-0.1, -0.05) is 24.3 Å². The van der Waals surface area contributed by atoms with E-state index in [2.05, 4.69) is 23.6 Å². The first-order chi connectivity index (χ1) is 15.0. The Labute approximate surface area is 181 Å². The number of amides is 2. The van der Waals surface area contributed by atoms with Crippen LogP contribution in [0.25, 0.3) is 5.69 Å². The Balaban J connectivity index is 1.43. The summed E-state index contributed by atoms with van der Waals surface area (Å²) in [6.07, 6.45) is 4.72. The van der Waals surface area contributed by atoms with Crippen molar-refractivity contribution in [1.29, 1.82) is 0 Å². The van der Waals surface area contributed by atoms with Crippen molar-refractivity contribution in [2.24, 2.45) is 5.92 Å². The molecule has 158 valence electrons. The van der Waals surface area contributed by atoms with Crippen molar-refractivity contribution in [3.05, 3.63) is 70.5 Å². The van der Waals surface area contributed by atoms with E-state index in [-0.39, 0.29) is 17.7 Å². The molecule has 1 aromatic heterocycles. The van der Waals surface area contributed by atoms with E-state index in [4.69, 9.17) is 5.10 Å². The molecule has 3 aromatic rings. The second-order valence-corrected chi connectivity index (χ2v) is 8.57. The Morgan fingerprint density at radius 2 is 1.81 bits per heavy atom. The first-order valence-electron chi connectivity index (χ1n) is 10.9. The summed E-state index contributed by atoms with van der Waals surface area (Å²) in [5, 5.41) is 10.7. The molecular formula is C25H26N4O2. The lowest BCUT2D eigenvalue weighted by atomic mass is 10.1. The molecule has 0 aliphatic heterocycles. The lowest BCUT2D eigenvalue weighted by Gasteiger charge is -2.11. The molecule has 0 saturated heterocycles. The third kappa shape index (κ3) is 3.74. The summed E-state index contributed by atoms with van der Waals surface area (Å²) in [7, 11) is 0. The summed E-state index contributed by atoms with van der Waals surface area (Å²) in [6.45, 7) is 4.00. The number of para-hydroxylation sites is 1. The highest BCUT2D eigenvalue weighted by atomic mass is 16.2. The van der Waals surface area contributed by atoms with Gasteiger partial charge in [-0.2, -0.15) is 5.10 Å². The molecule has 0 radical (unpaired) electrons. The molecule has 1 fully saturated rings. The Kier molecular flexibility index (Phi) is 4.85. The van der Waals surface area contributed by atoms with Crippen LogP contribution >= 0.6 is 0 Å². The first-order valence-corrected chi connectivity index (χ1v) is 10.9. The molecule has 2 amide bonds. The van der Waals surface area contributed by atoms with Crippen molar-refractivity contribution in [2.75, 3.05) is 10.6 Å². The fourth-order valence-corrected chi connectivity index (χ4v) is 4.23. The van der Waals surface area contributed by atoms with Crippen LogP contribution in [0.15, 0.2) is 42.5 Å². The quantitative estimate of drug-likeness (QED) is 0.642. The predicted octanol–water partition coefficient (Wildman–Crippen LogP) is 4.58. The van der Waals surface area contributed by atoms with E-state index in [0.717, 1.165) is 60.2 Å². The van der Waals surface area contributed by atoms with Crippen LogP contribution in [0, 0.1) is 19.8 Å². The van der Waals surface area contributed by atoms with Crippen LogP contribution in [-0.2, 0) is 17.6 Å². The molecule has 6 nitrogen and oxygen atoms in total. The number of anilines is 2. The number of carbonyl (C=O) groups is 2. The van der Waals surface area contributed by atoms with Gasteiger partial charge in [0.25, 0.3) is 5.91 Å². The number of aryl methyl sites for hydroxylation is 2. The van der Waals surface area contributed by atoms with E-state index < -0.39 is 0 Å². The minimum absolute atomic E-state index is 0.0518. The van der Waals surface area contributed by atoms with Crippen molar-refractivity contribution in [1.82, 2.24) is 9.78 Å². The molecule has 1 saturated carbocycles. The number of carbonyl (C=O) groups excluding carboxylic acids is 2. The fraction of sp³-hybridized carbons (Fsp3) is 0.320. The van der Waals surface area contributed by atoms with Gasteiger partial charge in [0.1, 0.15) is 0 Å². The highest BCUT2D eigenvalue weighted by Crippen LogP contribution is 2.32. The van der Waals surface area contributed by atoms with Crippen LogP contribution in [0.3, 0.4) is 0 Å². The number of rotatable bonds is 5. The molecule has 2 N–H and O–H groups in total. The van der Waals surface area contributed by atoms with Crippen molar-refractivity contribution in [3.63, 3.8) is 0 Å². The Hall–Kier alpha value is -3.41. The number of aromatic nitrogens is 2. The Morgan fingerprint density at radius 3 is 2.58 bits per heavy atom. The van der Waals surface area contributed by atoms with Gasteiger partial charge in [0.15, 0.2) is 5.69 Å². The smallest absolute Gasteiger partial charge is 0.276 e. The fourth-order valence-electron chi connectivity index (χ4n) is 4.23. The van der Waals surface area contributed by atoms with Gasteiger partial charge in [-0.05, 0) is 75.3 Å². The predicted molar refractivity (Wildman–Crippen MR) is 121 cm³/mol. The maximum Gasteiger partial charge on any atom is 0.276 e. The summed E-state index contributed by atoms with van der Waals surface area (Å²) in [6, 6.07) is 13.7. The van der Waals surface area contributed by atoms with Gasteiger partial charge in [0, 0.05) is 28.6 Å². The van der Waals surface area contributed by atoms with Crippen LogP contribution < -0.4 is 10.6 Å². The molecule has 2 aliphatic carbocycles. The van der Waals surface area contributed by atoms with Crippen LogP contribution in [0.2, 0.25) is 0 Å². The summed E-state index contributed by atoms with van der Waals surface area (Å²) in [5.74, 6) is -0.0254. The zero-order valence-electron chi connectivity index (χ0n) is 17.9. The highest BCUT2D eigenvalue weighted by Gasteiger charge is 2.30. The van der Waals surface area contributed by atoms with Gasteiger partial charge in [-0.3, -0.25) is 9.59 Å². The SMILES string of the molecule is Cc1ccc(NC(=O)C2CC2)cc1NC(=O)c1nn(-c2ccccc2C)c2c1CCC2. The second-order valence-electron chi connectivity index (χ2n) is 8.57. The van der Waals surface area contributed by atoms with Crippen LogP contribution in [0.1, 0.15) is 52.1 Å². The average Bonchev–Trinajstić information content (AvgIpc) is 3.39. The van der Waals surface area contributed by atoms with Gasteiger partial charge >= 0.3 is 0 Å². The lowest BCUT2D eigenvalue weighted by molar-refractivity contribution is -0.117. The van der Waals surface area contributed by atoms with Crippen LogP contribution in [-0.4, -0.2) is 21.6 Å². The van der Waals surface area contributed by atoms with Gasteiger partial charge in [-0.25, -0.2) is 4.68 Å². The van der Waals surface area contributed by atoms with Gasteiger partial charge in [0.2, 0.25) is 5.91 Å². The first kappa shape index (κ1) is 19.5. The lowest BCUT2D eigenvalue weighted by Crippen LogP contribution is -2.17. The van der Waals surface area contributed by atoms with Gasteiger partial charge in [0.05, 0.1) is 5.69 Å². The molecule has 0 bridgehead atoms. The van der Waals surface area contributed by atoms with Crippen molar-refractivity contribution < 1.29 is 9.59 Å². The number of hydrogen-bond acceptors (Lipinski definition) is 3. The summed E-state index contributed by atoms with van der Waals surface area (Å²) in [5.41, 5.74) is 7.13. The van der Waals surface area contributed by atoms with E-state index >= 15 is 0 Å². The van der Waals surface area contributed by atoms with E-state index in [1.165, 1.54) is 0 Å². The number of nitrogens with zero attached hydrogens (tertiary/aromatic N) is 2. The Bertz CT molecular complexity index is 1190. The molecule has 6 heteroatoms. The maximum absolute atomic E-state index is 13.2. The molecule has 0 spiro atoms. The van der Waals surface area contributed by atoms with Crippen molar-refractivity contribution >= 4 is 23.2 Å². The van der Waals surface area contributed by atoms with Gasteiger partial charge < -0.3 is 10.6 Å². The van der Waals surface area contributed by atoms with E-state index in [1.54, 1.807) is 0 Å². The molecular weight excluding hydrogens is 388 g/mol. The van der Waals surface area contributed by atoms with Crippen LogP contribution in [0.5, 0.6) is 0 Å². The van der Waals surface area contributed by atoms with E-state index in [0.29, 0.717) is 17.1 Å². The third-order valence-corrected chi connectivity index (χ3v) is 6.19. The molecule has 31 heavy (non-hydrogen) atoms. The molecule has 0 unspecified atom stereocenters. The standard InChI is InChI=1S/C25H26N4O2/c1-15-10-13-18(26-24(30)17-11-12-17)14-20(15)27-25(31)23-19-7-5-9-22(19)29(28-23)21-8-4-3-6-16(21)2/h3-4,6,8,10,13-14,17H,5,7,9,11-12H2,1-2H3,(H,26,30)(H,27,31).